The van der Waals surface area contributed by atoms with Crippen LogP contribution in [0.1, 0.15) is 100 Å². The second-order valence-corrected chi connectivity index (χ2v) is 18.7. The van der Waals surface area contributed by atoms with Crippen LogP contribution in [-0.2, 0) is 29.6 Å². The van der Waals surface area contributed by atoms with Crippen LogP contribution in [0.4, 0.5) is 19.1 Å². The third-order valence-corrected chi connectivity index (χ3v) is 14.5. The maximum atomic E-state index is 13.2. The van der Waals surface area contributed by atoms with Crippen molar-refractivity contribution in [3.8, 4) is 11.1 Å². The molecule has 5 aromatic rings. The van der Waals surface area contributed by atoms with Crippen molar-refractivity contribution in [1.82, 2.24) is 38.8 Å². The topological polar surface area (TPSA) is 143 Å². The van der Waals surface area contributed by atoms with Crippen molar-refractivity contribution < 1.29 is 27.9 Å². The number of imide groups is 1. The molecule has 4 fully saturated rings. The second kappa shape index (κ2) is 18.8. The minimum atomic E-state index is -4.26. The Bertz CT molecular complexity index is 2510. The van der Waals surface area contributed by atoms with E-state index in [4.69, 9.17) is 4.98 Å². The van der Waals surface area contributed by atoms with Gasteiger partial charge in [-0.15, -0.1) is 0 Å². The van der Waals surface area contributed by atoms with Crippen molar-refractivity contribution in [2.45, 2.75) is 114 Å². The lowest BCUT2D eigenvalue weighted by Crippen LogP contribution is -2.44. The standard InChI is InChI=1S/C48H60F3N9O4/c1-56-42-27-31(6-13-40(42)60(47(56)64)41-14-15-43(62)54-45(41)63)3-2-22-57-23-16-33(17-24-57)34-18-25-58(26-19-34)29-32-4-7-35(8-5-32)39-30-59(36-9-11-37(61)12-10-36)44-38(39)28-53-46(55-44)52-21-20-48(49,50)51/h4-8,13,27-28,30,33-34,36-37,41,61H,2-3,9-12,14-26,29H2,1H3,(H,52,53,55)(H,54,62,63)/t36-,37-,41-/m0/s1. The molecule has 9 rings (SSSR count). The molecule has 0 unspecified atom stereocenters. The van der Waals surface area contributed by atoms with E-state index >= 15 is 0 Å². The third kappa shape index (κ3) is 9.79. The van der Waals surface area contributed by atoms with E-state index in [2.05, 4.69) is 72.6 Å². The molecule has 0 spiro atoms. The SMILES string of the molecule is Cn1c(=O)n([C@H]2CCC(=O)NC2=O)c2ccc(CCCN3CCC(C4CCN(Cc5ccc(-c6cn([C@H]7CC[C@H](O)CC7)c7nc(NCCC(F)(F)F)ncc67)cc5)CC4)CC3)cc21. The van der Waals surface area contributed by atoms with E-state index in [1.165, 1.54) is 41.4 Å². The summed E-state index contributed by atoms with van der Waals surface area (Å²) in [6.45, 7) is 6.12. The number of aryl methyl sites for hydroxylation is 2. The van der Waals surface area contributed by atoms with E-state index in [1.54, 1.807) is 17.8 Å². The van der Waals surface area contributed by atoms with E-state index < -0.39 is 24.5 Å². The van der Waals surface area contributed by atoms with Gasteiger partial charge < -0.3 is 19.9 Å². The Hall–Kier alpha value is -5.06. The quantitative estimate of drug-likeness (QED) is 0.105. The number of alkyl halides is 3. The van der Waals surface area contributed by atoms with Gasteiger partial charge in [0.15, 0.2) is 0 Å². The van der Waals surface area contributed by atoms with Crippen molar-refractivity contribution in [1.29, 1.82) is 0 Å². The van der Waals surface area contributed by atoms with Crippen LogP contribution in [0.5, 0.6) is 0 Å². The van der Waals surface area contributed by atoms with Crippen LogP contribution in [0.15, 0.2) is 59.7 Å². The van der Waals surface area contributed by atoms with Crippen molar-refractivity contribution in [2.75, 3.05) is 44.6 Å². The number of hydrogen-bond acceptors (Lipinski definition) is 9. The van der Waals surface area contributed by atoms with Gasteiger partial charge in [0.05, 0.1) is 23.6 Å². The zero-order valence-corrected chi connectivity index (χ0v) is 36.7. The Balaban J connectivity index is 0.742. The highest BCUT2D eigenvalue weighted by Gasteiger charge is 2.33. The molecule has 4 aliphatic rings. The zero-order valence-electron chi connectivity index (χ0n) is 36.7. The largest absolute Gasteiger partial charge is 0.393 e. The Kier molecular flexibility index (Phi) is 13.0. The van der Waals surface area contributed by atoms with Crippen LogP contribution in [0.25, 0.3) is 33.2 Å². The molecule has 3 aromatic heterocycles. The molecule has 342 valence electrons. The predicted octanol–water partition coefficient (Wildman–Crippen LogP) is 7.13. The van der Waals surface area contributed by atoms with Crippen molar-refractivity contribution in [3.05, 3.63) is 76.5 Å². The van der Waals surface area contributed by atoms with Crippen LogP contribution >= 0.6 is 0 Å². The average molecular weight is 884 g/mol. The number of piperidine rings is 3. The fraction of sp³-hybridized carbons (Fsp3) is 0.562. The van der Waals surface area contributed by atoms with E-state index in [0.29, 0.717) is 24.9 Å². The van der Waals surface area contributed by atoms with Gasteiger partial charge in [-0.05, 0) is 144 Å². The Morgan fingerprint density at radius 3 is 2.22 bits per heavy atom. The van der Waals surface area contributed by atoms with E-state index in [-0.39, 0.29) is 42.7 Å². The number of fused-ring (bicyclic) bond motifs is 2. The zero-order chi connectivity index (χ0) is 44.5. The van der Waals surface area contributed by atoms with Gasteiger partial charge in [0.25, 0.3) is 0 Å². The van der Waals surface area contributed by atoms with Crippen LogP contribution in [-0.4, -0.2) is 102 Å². The highest BCUT2D eigenvalue weighted by Crippen LogP contribution is 2.38. The molecule has 1 aliphatic carbocycles. The number of benzene rings is 2. The fourth-order valence-corrected chi connectivity index (χ4v) is 10.9. The first-order chi connectivity index (χ1) is 30.9. The van der Waals surface area contributed by atoms with Gasteiger partial charge in [-0.25, -0.2) is 9.78 Å². The minimum Gasteiger partial charge on any atom is -0.393 e. The molecule has 16 heteroatoms. The summed E-state index contributed by atoms with van der Waals surface area (Å²) in [4.78, 5) is 51.7. The van der Waals surface area contributed by atoms with Crippen molar-refractivity contribution in [3.63, 3.8) is 0 Å². The lowest BCUT2D eigenvalue weighted by molar-refractivity contribution is -0.136. The molecule has 3 saturated heterocycles. The molecule has 2 aromatic carbocycles. The second-order valence-electron chi connectivity index (χ2n) is 18.7. The number of rotatable bonds is 13. The monoisotopic (exact) mass is 883 g/mol. The number of likely N-dealkylation sites (tertiary alicyclic amines) is 2. The molecular weight excluding hydrogens is 824 g/mol. The number of nitrogens with one attached hydrogen (secondary N) is 2. The summed E-state index contributed by atoms with van der Waals surface area (Å²) in [5, 5.41) is 16.1. The van der Waals surface area contributed by atoms with E-state index in [9.17, 15) is 32.7 Å². The molecular formula is C48H60F3N9O4. The summed E-state index contributed by atoms with van der Waals surface area (Å²) in [6.07, 6.45) is 8.76. The van der Waals surface area contributed by atoms with E-state index in [0.717, 1.165) is 104 Å². The van der Waals surface area contributed by atoms with Crippen LogP contribution in [0.2, 0.25) is 0 Å². The first-order valence-corrected chi connectivity index (χ1v) is 23.3. The van der Waals surface area contributed by atoms with Crippen LogP contribution < -0.4 is 16.3 Å². The number of carbonyl (C=O) groups is 2. The van der Waals surface area contributed by atoms with Gasteiger partial charge in [0.2, 0.25) is 17.8 Å². The maximum absolute atomic E-state index is 13.2. The van der Waals surface area contributed by atoms with Gasteiger partial charge in [0, 0.05) is 55.9 Å². The molecule has 3 N–H and O–H groups in total. The fourth-order valence-electron chi connectivity index (χ4n) is 10.9. The third-order valence-electron chi connectivity index (χ3n) is 14.5. The van der Waals surface area contributed by atoms with Crippen molar-refractivity contribution >= 4 is 39.8 Å². The molecule has 0 radical (unpaired) electrons. The Morgan fingerprint density at radius 2 is 1.53 bits per heavy atom. The molecule has 64 heavy (non-hydrogen) atoms. The highest BCUT2D eigenvalue weighted by molar-refractivity contribution is 6.00. The molecule has 1 saturated carbocycles. The predicted molar refractivity (Wildman–Crippen MR) is 240 cm³/mol. The summed E-state index contributed by atoms with van der Waals surface area (Å²) < 4.78 is 43.7. The van der Waals surface area contributed by atoms with Gasteiger partial charge in [-0.1, -0.05) is 30.3 Å². The number of imidazole rings is 1. The first kappa shape index (κ1) is 44.2. The summed E-state index contributed by atoms with van der Waals surface area (Å²) in [6, 6.07) is 14.3. The van der Waals surface area contributed by atoms with Gasteiger partial charge in [-0.3, -0.25) is 28.9 Å². The Morgan fingerprint density at radius 1 is 0.844 bits per heavy atom. The number of hydrogen-bond donors (Lipinski definition) is 3. The number of aliphatic hydroxyl groups is 1. The smallest absolute Gasteiger partial charge is 0.390 e. The Labute approximate surface area is 371 Å². The molecule has 0 bridgehead atoms. The maximum Gasteiger partial charge on any atom is 0.390 e. The highest BCUT2D eigenvalue weighted by atomic mass is 19.4. The number of halogens is 3. The summed E-state index contributed by atoms with van der Waals surface area (Å²) in [7, 11) is 1.74. The average Bonchev–Trinajstić information content (AvgIpc) is 3.78. The number of aromatic nitrogens is 5. The number of carbonyl (C=O) groups excluding carboxylic acids is 2. The van der Waals surface area contributed by atoms with Crippen LogP contribution in [0, 0.1) is 11.8 Å². The summed E-state index contributed by atoms with van der Waals surface area (Å²) in [5.41, 5.74) is 6.47. The normalized spacial score (nSPS) is 22.4. The van der Waals surface area contributed by atoms with Crippen LogP contribution in [0.3, 0.4) is 0 Å². The molecule has 6 heterocycles. The first-order valence-electron chi connectivity index (χ1n) is 23.3. The minimum absolute atomic E-state index is 0.141. The van der Waals surface area contributed by atoms with Crippen molar-refractivity contribution in [2.24, 2.45) is 18.9 Å². The lowest BCUT2D eigenvalue weighted by atomic mass is 9.78. The molecule has 13 nitrogen and oxygen atoms in total. The number of amides is 2. The van der Waals surface area contributed by atoms with Gasteiger partial charge >= 0.3 is 11.9 Å². The molecule has 3 aliphatic heterocycles. The number of nitrogens with zero attached hydrogens (tertiary/aromatic N) is 7. The van der Waals surface area contributed by atoms with Gasteiger partial charge in [-0.2, -0.15) is 18.2 Å². The molecule has 1 atom stereocenters. The van der Waals surface area contributed by atoms with E-state index in [1.807, 2.05) is 6.07 Å². The summed E-state index contributed by atoms with van der Waals surface area (Å²) >= 11 is 0. The summed E-state index contributed by atoms with van der Waals surface area (Å²) in [5.74, 6) is 1.00. The number of aliphatic hydroxyl groups excluding tert-OH is 1. The molecule has 2 amide bonds. The lowest BCUT2D eigenvalue weighted by Gasteiger charge is -2.40. The number of anilines is 1. The van der Waals surface area contributed by atoms with Gasteiger partial charge in [0.1, 0.15) is 11.7 Å².